The summed E-state index contributed by atoms with van der Waals surface area (Å²) in [6, 6.07) is 10.9. The quantitative estimate of drug-likeness (QED) is 0.433. The fourth-order valence-electron chi connectivity index (χ4n) is 3.16. The van der Waals surface area contributed by atoms with E-state index in [0.29, 0.717) is 6.07 Å². The minimum Gasteiger partial charge on any atom is -0.496 e. The summed E-state index contributed by atoms with van der Waals surface area (Å²) in [4.78, 5) is 27.7. The van der Waals surface area contributed by atoms with Crippen molar-refractivity contribution in [1.29, 1.82) is 5.26 Å². The number of para-hydroxylation sites is 1. The van der Waals surface area contributed by atoms with Crippen molar-refractivity contribution in [2.75, 3.05) is 19.0 Å². The Labute approximate surface area is 196 Å². The molecular formula is C23H15ClF3N3O4. The third kappa shape index (κ3) is 5.10. The number of ketones is 1. The molecule has 0 amide bonds. The third-order valence-electron chi connectivity index (χ3n) is 4.79. The predicted octanol–water partition coefficient (Wildman–Crippen LogP) is 5.29. The maximum atomic E-state index is 13.0. The minimum absolute atomic E-state index is 0.00128. The van der Waals surface area contributed by atoms with Crippen molar-refractivity contribution in [2.45, 2.75) is 6.18 Å². The molecule has 0 saturated carbocycles. The van der Waals surface area contributed by atoms with Gasteiger partial charge in [-0.3, -0.25) is 9.78 Å². The van der Waals surface area contributed by atoms with Crippen LogP contribution in [0.5, 0.6) is 5.75 Å². The number of carbonyl (C=O) groups excluding carboxylic acids is 1. The molecule has 3 rings (SSSR count). The number of hydrogen-bond acceptors (Lipinski definition) is 6. The topological polar surface area (TPSA) is 112 Å². The number of halogens is 4. The van der Waals surface area contributed by atoms with Crippen molar-refractivity contribution < 1.29 is 32.6 Å². The first-order valence-corrected chi connectivity index (χ1v) is 9.89. The van der Waals surface area contributed by atoms with E-state index in [1.54, 1.807) is 12.1 Å². The minimum atomic E-state index is -4.74. The molecule has 1 aromatic heterocycles. The summed E-state index contributed by atoms with van der Waals surface area (Å²) >= 11 is 6.27. The van der Waals surface area contributed by atoms with Crippen LogP contribution in [0.2, 0.25) is 5.02 Å². The van der Waals surface area contributed by atoms with Crippen molar-refractivity contribution in [3.8, 4) is 22.9 Å². The molecule has 0 aliphatic heterocycles. The fraction of sp³-hybridized carbons (Fsp3) is 0.130. The number of carboxylic acid groups (broad SMARTS) is 1. The number of alkyl halides is 3. The Kier molecular flexibility index (Phi) is 7.08. The summed E-state index contributed by atoms with van der Waals surface area (Å²) in [7, 11) is 1.30. The van der Waals surface area contributed by atoms with Crippen molar-refractivity contribution in [1.82, 2.24) is 4.98 Å². The van der Waals surface area contributed by atoms with Crippen LogP contribution < -0.4 is 10.1 Å². The first kappa shape index (κ1) is 24.5. The Morgan fingerprint density at radius 2 is 1.88 bits per heavy atom. The Balaban J connectivity index is 2.00. The van der Waals surface area contributed by atoms with Crippen molar-refractivity contribution >= 4 is 29.0 Å². The van der Waals surface area contributed by atoms with E-state index in [1.807, 2.05) is 0 Å². The van der Waals surface area contributed by atoms with Gasteiger partial charge in [-0.1, -0.05) is 23.7 Å². The highest BCUT2D eigenvalue weighted by Gasteiger charge is 2.33. The molecule has 0 saturated heterocycles. The van der Waals surface area contributed by atoms with Gasteiger partial charge in [0.25, 0.3) is 0 Å². The van der Waals surface area contributed by atoms with Gasteiger partial charge >= 0.3 is 12.1 Å². The average molecular weight is 490 g/mol. The van der Waals surface area contributed by atoms with Gasteiger partial charge in [0.1, 0.15) is 11.4 Å². The molecular weight excluding hydrogens is 475 g/mol. The molecule has 174 valence electrons. The summed E-state index contributed by atoms with van der Waals surface area (Å²) in [6.45, 7) is -0.321. The highest BCUT2D eigenvalue weighted by molar-refractivity contribution is 6.33. The smallest absolute Gasteiger partial charge is 0.433 e. The number of aromatic carboxylic acids is 1. The van der Waals surface area contributed by atoms with Gasteiger partial charge < -0.3 is 15.2 Å². The Morgan fingerprint density at radius 1 is 1.18 bits per heavy atom. The number of pyridine rings is 1. The monoisotopic (exact) mass is 489 g/mol. The molecule has 0 radical (unpaired) electrons. The van der Waals surface area contributed by atoms with E-state index >= 15 is 0 Å². The van der Waals surface area contributed by atoms with Crippen LogP contribution in [0.15, 0.2) is 48.7 Å². The van der Waals surface area contributed by atoms with E-state index in [0.717, 1.165) is 6.20 Å². The number of carboxylic acids is 1. The molecule has 0 unspecified atom stereocenters. The largest absolute Gasteiger partial charge is 0.496 e. The molecule has 3 aromatic rings. The maximum absolute atomic E-state index is 13.0. The van der Waals surface area contributed by atoms with Gasteiger partial charge in [0.15, 0.2) is 5.78 Å². The molecule has 2 aromatic carbocycles. The van der Waals surface area contributed by atoms with Gasteiger partial charge in [-0.25, -0.2) is 4.79 Å². The number of benzene rings is 2. The number of anilines is 1. The molecule has 0 bridgehead atoms. The lowest BCUT2D eigenvalue weighted by atomic mass is 9.97. The maximum Gasteiger partial charge on any atom is 0.433 e. The SMILES string of the molecule is COc1cc(Cl)c(-c2cnc(C(F)(F)F)cc2C#N)cc1C(=O)CNc1ccccc1C(=O)O. The number of carbonyl (C=O) groups is 2. The highest BCUT2D eigenvalue weighted by atomic mass is 35.5. The van der Waals surface area contributed by atoms with Gasteiger partial charge in [-0.2, -0.15) is 18.4 Å². The second kappa shape index (κ2) is 9.80. The molecule has 1 heterocycles. The number of nitrogens with zero attached hydrogens (tertiary/aromatic N) is 2. The van der Waals surface area contributed by atoms with Crippen LogP contribution in [0.25, 0.3) is 11.1 Å². The van der Waals surface area contributed by atoms with E-state index in [9.17, 15) is 33.1 Å². The number of ether oxygens (including phenoxy) is 1. The van der Waals surface area contributed by atoms with Gasteiger partial charge in [0.05, 0.1) is 41.4 Å². The first-order valence-electron chi connectivity index (χ1n) is 9.51. The van der Waals surface area contributed by atoms with Crippen molar-refractivity contribution in [2.24, 2.45) is 0 Å². The predicted molar refractivity (Wildman–Crippen MR) is 117 cm³/mol. The van der Waals surface area contributed by atoms with E-state index in [2.05, 4.69) is 10.3 Å². The Bertz CT molecular complexity index is 1320. The van der Waals surface area contributed by atoms with Crippen LogP contribution in [0, 0.1) is 11.3 Å². The lowest BCUT2D eigenvalue weighted by Crippen LogP contribution is -2.17. The normalized spacial score (nSPS) is 10.9. The van der Waals surface area contributed by atoms with E-state index in [4.69, 9.17) is 16.3 Å². The number of aromatic nitrogens is 1. The standard InChI is InChI=1S/C23H15ClF3N3O4/c1-34-20-8-17(24)14(16-10-30-21(23(25,26)27)6-12(16)9-28)7-15(20)19(31)11-29-18-5-3-2-4-13(18)22(32)33/h2-8,10,29H,11H2,1H3,(H,32,33). The Hall–Kier alpha value is -4.10. The van der Waals surface area contributed by atoms with Crippen LogP contribution in [0.4, 0.5) is 18.9 Å². The zero-order valence-corrected chi connectivity index (χ0v) is 18.2. The van der Waals surface area contributed by atoms with E-state index in [1.165, 1.54) is 37.4 Å². The fourth-order valence-corrected chi connectivity index (χ4v) is 3.42. The lowest BCUT2D eigenvalue weighted by molar-refractivity contribution is -0.141. The van der Waals surface area contributed by atoms with Crippen LogP contribution >= 0.6 is 11.6 Å². The number of nitriles is 1. The van der Waals surface area contributed by atoms with Gasteiger partial charge in [-0.05, 0) is 24.3 Å². The van der Waals surface area contributed by atoms with Gasteiger partial charge in [0.2, 0.25) is 0 Å². The molecule has 2 N–H and O–H groups in total. The summed E-state index contributed by atoms with van der Waals surface area (Å²) in [5, 5.41) is 21.4. The zero-order chi connectivity index (χ0) is 25.0. The van der Waals surface area contributed by atoms with E-state index in [-0.39, 0.29) is 50.8 Å². The average Bonchev–Trinajstić information content (AvgIpc) is 2.81. The molecule has 0 atom stereocenters. The summed E-state index contributed by atoms with van der Waals surface area (Å²) < 4.78 is 44.2. The van der Waals surface area contributed by atoms with Gasteiger partial charge in [0, 0.05) is 29.1 Å². The Morgan fingerprint density at radius 3 is 2.50 bits per heavy atom. The van der Waals surface area contributed by atoms with Crippen molar-refractivity contribution in [3.63, 3.8) is 0 Å². The summed E-state index contributed by atoms with van der Waals surface area (Å²) in [5.74, 6) is -1.61. The van der Waals surface area contributed by atoms with Crippen LogP contribution in [-0.2, 0) is 6.18 Å². The number of hydrogen-bond donors (Lipinski definition) is 2. The lowest BCUT2D eigenvalue weighted by Gasteiger charge is -2.15. The zero-order valence-electron chi connectivity index (χ0n) is 17.4. The number of methoxy groups -OCH3 is 1. The van der Waals surface area contributed by atoms with Crippen LogP contribution in [0.1, 0.15) is 32.0 Å². The molecule has 0 aliphatic carbocycles. The first-order chi connectivity index (χ1) is 16.1. The second-order valence-corrected chi connectivity index (χ2v) is 7.29. The molecule has 0 aliphatic rings. The molecule has 11 heteroatoms. The summed E-state index contributed by atoms with van der Waals surface area (Å²) in [5.41, 5.74) is -1.26. The highest BCUT2D eigenvalue weighted by Crippen LogP contribution is 2.37. The van der Waals surface area contributed by atoms with Crippen LogP contribution in [-0.4, -0.2) is 35.5 Å². The van der Waals surface area contributed by atoms with Crippen LogP contribution in [0.3, 0.4) is 0 Å². The third-order valence-corrected chi connectivity index (χ3v) is 5.10. The number of Topliss-reactive ketones (excluding diaryl/α,β-unsaturated/α-hetero) is 1. The molecule has 0 fully saturated rings. The van der Waals surface area contributed by atoms with Gasteiger partial charge in [-0.15, -0.1) is 0 Å². The van der Waals surface area contributed by atoms with Crippen molar-refractivity contribution in [3.05, 3.63) is 76.1 Å². The molecule has 0 spiro atoms. The molecule has 7 nitrogen and oxygen atoms in total. The number of rotatable bonds is 7. The molecule has 34 heavy (non-hydrogen) atoms. The number of nitrogens with one attached hydrogen (secondary N) is 1. The summed E-state index contributed by atoms with van der Waals surface area (Å²) in [6.07, 6.45) is -3.88. The second-order valence-electron chi connectivity index (χ2n) is 6.88. The van der Waals surface area contributed by atoms with E-state index < -0.39 is 23.6 Å².